The standard InChI is InChI=1S/C13H25N3.C4H7N.C2H7N.2C2H6/c1-4-13(5-9-15(2)3)6-10-16-11-7-14-8-12-16;1-3-5-4-2;1-2-3;2*1-2/h4-5,9,14H,6-8,10-12H2,1-3H3;3-4H,1H2,2H3;2-3H2,1H3;2*1-2H3/b9-5-,13-4+;;;;. The molecule has 0 amide bonds. The van der Waals surface area contributed by atoms with Crippen LogP contribution in [0.3, 0.4) is 0 Å². The van der Waals surface area contributed by atoms with E-state index in [4.69, 9.17) is 5.73 Å². The van der Waals surface area contributed by atoms with Crippen LogP contribution in [0.5, 0.6) is 0 Å². The van der Waals surface area contributed by atoms with Crippen molar-refractivity contribution in [2.45, 2.75) is 54.9 Å². The molecule has 1 saturated heterocycles. The smallest absolute Gasteiger partial charge is 0.0191 e. The van der Waals surface area contributed by atoms with Crippen LogP contribution in [0.2, 0.25) is 0 Å². The third-order valence-corrected chi connectivity index (χ3v) is 3.14. The number of rotatable bonds is 6. The van der Waals surface area contributed by atoms with Gasteiger partial charge in [-0.2, -0.15) is 0 Å². The summed E-state index contributed by atoms with van der Waals surface area (Å²) in [6.45, 7) is 23.8. The SMILES string of the molecule is C/C=C(\C=C/N(C)C)CCN1CCNCC1.C=CN=CC.CC.CC.CCN. The topological polar surface area (TPSA) is 56.9 Å². The lowest BCUT2D eigenvalue weighted by Gasteiger charge is -2.27. The van der Waals surface area contributed by atoms with Crippen molar-refractivity contribution in [1.29, 1.82) is 0 Å². The van der Waals surface area contributed by atoms with Gasteiger partial charge in [0, 0.05) is 59.2 Å². The molecule has 28 heavy (non-hydrogen) atoms. The van der Waals surface area contributed by atoms with Crippen molar-refractivity contribution in [2.24, 2.45) is 10.7 Å². The molecule has 0 atom stereocenters. The van der Waals surface area contributed by atoms with Crippen LogP contribution < -0.4 is 11.1 Å². The molecule has 0 aromatic carbocycles. The maximum absolute atomic E-state index is 4.85. The Kier molecular flexibility index (Phi) is 40.4. The van der Waals surface area contributed by atoms with E-state index in [-0.39, 0.29) is 0 Å². The van der Waals surface area contributed by atoms with Crippen molar-refractivity contribution in [3.8, 4) is 0 Å². The number of piperazine rings is 1. The maximum Gasteiger partial charge on any atom is 0.0191 e. The Balaban J connectivity index is -0.000000200. The normalized spacial score (nSPS) is 13.7. The van der Waals surface area contributed by atoms with Crippen LogP contribution in [0.25, 0.3) is 0 Å². The predicted molar refractivity (Wildman–Crippen MR) is 132 cm³/mol. The zero-order chi connectivity index (χ0) is 22.6. The van der Waals surface area contributed by atoms with Crippen LogP contribution >= 0.6 is 0 Å². The highest BCUT2D eigenvalue weighted by Crippen LogP contribution is 2.06. The lowest BCUT2D eigenvalue weighted by atomic mass is 10.1. The molecule has 0 bridgehead atoms. The summed E-state index contributed by atoms with van der Waals surface area (Å²) in [5.74, 6) is 0. The molecule has 0 spiro atoms. The van der Waals surface area contributed by atoms with E-state index >= 15 is 0 Å². The van der Waals surface area contributed by atoms with Crippen LogP contribution in [0.1, 0.15) is 54.9 Å². The molecular weight excluding hydrogens is 346 g/mol. The molecule has 0 unspecified atom stereocenters. The summed E-state index contributed by atoms with van der Waals surface area (Å²) in [5.41, 5.74) is 6.27. The Morgan fingerprint density at radius 1 is 1.14 bits per heavy atom. The first-order chi connectivity index (χ1) is 13.5. The molecule has 1 heterocycles. The van der Waals surface area contributed by atoms with Gasteiger partial charge >= 0.3 is 0 Å². The highest BCUT2D eigenvalue weighted by Gasteiger charge is 2.08. The van der Waals surface area contributed by atoms with E-state index in [2.05, 4.69) is 66.1 Å². The van der Waals surface area contributed by atoms with Gasteiger partial charge in [0.25, 0.3) is 0 Å². The molecule has 0 saturated carbocycles. The summed E-state index contributed by atoms with van der Waals surface area (Å²) in [6, 6.07) is 0. The third-order valence-electron chi connectivity index (χ3n) is 3.14. The number of nitrogens with one attached hydrogen (secondary N) is 1. The molecule has 5 nitrogen and oxygen atoms in total. The van der Waals surface area contributed by atoms with Crippen LogP contribution in [0, 0.1) is 0 Å². The van der Waals surface area contributed by atoms with Gasteiger partial charge in [0.15, 0.2) is 0 Å². The monoisotopic (exact) mass is 397 g/mol. The van der Waals surface area contributed by atoms with Crippen LogP contribution in [0.4, 0.5) is 0 Å². The molecule has 168 valence electrons. The van der Waals surface area contributed by atoms with Gasteiger partial charge < -0.3 is 20.9 Å². The summed E-state index contributed by atoms with van der Waals surface area (Å²) in [5, 5.41) is 3.38. The third kappa shape index (κ3) is 32.3. The van der Waals surface area contributed by atoms with Crippen LogP contribution in [-0.2, 0) is 0 Å². The molecule has 0 aromatic rings. The fourth-order valence-corrected chi connectivity index (χ4v) is 1.90. The van der Waals surface area contributed by atoms with E-state index in [0.29, 0.717) is 0 Å². The van der Waals surface area contributed by atoms with Crippen molar-refractivity contribution >= 4 is 6.21 Å². The van der Waals surface area contributed by atoms with E-state index in [1.807, 2.05) is 41.5 Å². The van der Waals surface area contributed by atoms with Crippen molar-refractivity contribution < 1.29 is 0 Å². The number of hydrogen-bond acceptors (Lipinski definition) is 5. The number of aliphatic imine (C=N–C) groups is 1. The molecule has 0 aliphatic carbocycles. The average molecular weight is 398 g/mol. The number of nitrogens with zero attached hydrogens (tertiary/aromatic N) is 3. The van der Waals surface area contributed by atoms with E-state index < -0.39 is 0 Å². The number of allylic oxidation sites excluding steroid dienone is 2. The lowest BCUT2D eigenvalue weighted by Crippen LogP contribution is -2.43. The summed E-state index contributed by atoms with van der Waals surface area (Å²) >= 11 is 0. The van der Waals surface area contributed by atoms with Gasteiger partial charge in [-0.15, -0.1) is 0 Å². The summed E-state index contributed by atoms with van der Waals surface area (Å²) < 4.78 is 0. The quantitative estimate of drug-likeness (QED) is 0.510. The largest absolute Gasteiger partial charge is 0.383 e. The number of hydrogen-bond donors (Lipinski definition) is 2. The molecular formula is C23H51N5. The Labute approximate surface area is 177 Å². The van der Waals surface area contributed by atoms with Gasteiger partial charge in [0.2, 0.25) is 0 Å². The van der Waals surface area contributed by atoms with Crippen molar-refractivity contribution in [3.05, 3.63) is 36.7 Å². The average Bonchev–Trinajstić information content (AvgIpc) is 2.73. The molecule has 1 aliphatic rings. The molecule has 1 aliphatic heterocycles. The fourth-order valence-electron chi connectivity index (χ4n) is 1.90. The summed E-state index contributed by atoms with van der Waals surface area (Å²) in [6.07, 6.45) is 10.9. The van der Waals surface area contributed by atoms with E-state index in [1.54, 1.807) is 6.21 Å². The first-order valence-electron chi connectivity index (χ1n) is 10.8. The van der Waals surface area contributed by atoms with Crippen LogP contribution in [0.15, 0.2) is 41.7 Å². The van der Waals surface area contributed by atoms with Gasteiger partial charge in [0.05, 0.1) is 0 Å². The molecule has 0 aromatic heterocycles. The molecule has 5 heteroatoms. The Morgan fingerprint density at radius 3 is 1.96 bits per heavy atom. The van der Waals surface area contributed by atoms with Gasteiger partial charge in [-0.05, 0) is 44.7 Å². The minimum absolute atomic E-state index is 0.750. The minimum atomic E-state index is 0.750. The Bertz CT molecular complexity index is 354. The highest BCUT2D eigenvalue weighted by atomic mass is 15.2. The van der Waals surface area contributed by atoms with Crippen molar-refractivity contribution in [3.63, 3.8) is 0 Å². The van der Waals surface area contributed by atoms with Gasteiger partial charge in [-0.1, -0.05) is 47.3 Å². The first-order valence-corrected chi connectivity index (χ1v) is 10.8. The predicted octanol–water partition coefficient (Wildman–Crippen LogP) is 4.54. The summed E-state index contributed by atoms with van der Waals surface area (Å²) in [7, 11) is 4.11. The minimum Gasteiger partial charge on any atom is -0.383 e. The van der Waals surface area contributed by atoms with Gasteiger partial charge in [-0.25, -0.2) is 0 Å². The fraction of sp³-hybridized carbons (Fsp3) is 0.696. The molecule has 3 N–H and O–H groups in total. The summed E-state index contributed by atoms with van der Waals surface area (Å²) in [4.78, 5) is 8.22. The first kappa shape index (κ1) is 34.1. The van der Waals surface area contributed by atoms with E-state index in [1.165, 1.54) is 31.4 Å². The second-order valence-corrected chi connectivity index (χ2v) is 5.48. The van der Waals surface area contributed by atoms with Crippen molar-refractivity contribution in [2.75, 3.05) is 53.4 Å². The van der Waals surface area contributed by atoms with Crippen molar-refractivity contribution in [1.82, 2.24) is 15.1 Å². The van der Waals surface area contributed by atoms with Crippen LogP contribution in [-0.4, -0.2) is 69.4 Å². The Hall–Kier alpha value is -1.43. The highest BCUT2D eigenvalue weighted by molar-refractivity contribution is 5.53. The van der Waals surface area contributed by atoms with E-state index in [0.717, 1.165) is 26.1 Å². The lowest BCUT2D eigenvalue weighted by molar-refractivity contribution is 0.244. The molecule has 0 radical (unpaired) electrons. The number of nitrogens with two attached hydrogens (primary N) is 1. The van der Waals surface area contributed by atoms with Gasteiger partial charge in [0.1, 0.15) is 0 Å². The molecule has 1 fully saturated rings. The second kappa shape index (κ2) is 33.2. The zero-order valence-electron chi connectivity index (χ0n) is 20.5. The Morgan fingerprint density at radius 2 is 1.64 bits per heavy atom. The maximum atomic E-state index is 4.85. The zero-order valence-corrected chi connectivity index (χ0v) is 20.5. The van der Waals surface area contributed by atoms with Gasteiger partial charge in [-0.3, -0.25) is 4.99 Å². The van der Waals surface area contributed by atoms with E-state index in [9.17, 15) is 0 Å². The second-order valence-electron chi connectivity index (χ2n) is 5.48. The molecule has 1 rings (SSSR count).